The predicted octanol–water partition coefficient (Wildman–Crippen LogP) is 6.70. The van der Waals surface area contributed by atoms with Gasteiger partial charge in [-0.3, -0.25) is 9.69 Å². The van der Waals surface area contributed by atoms with Crippen molar-refractivity contribution in [1.29, 1.82) is 0 Å². The van der Waals surface area contributed by atoms with Gasteiger partial charge < -0.3 is 14.8 Å². The minimum atomic E-state index is -2.91. The molecule has 1 fully saturated rings. The topological polar surface area (TPSA) is 111 Å². The number of carbonyl (C=O) groups excluding carboxylic acids is 2. The summed E-state index contributed by atoms with van der Waals surface area (Å²) in [7, 11) is 0. The molecular weight excluding hydrogens is 602 g/mol. The quantitative estimate of drug-likeness (QED) is 0.220. The van der Waals surface area contributed by atoms with Gasteiger partial charge in [0.05, 0.1) is 34.4 Å². The first kappa shape index (κ1) is 30.1. The average molecular weight is 627 g/mol. The van der Waals surface area contributed by atoms with Crippen molar-refractivity contribution in [2.24, 2.45) is 4.99 Å². The predicted molar refractivity (Wildman–Crippen MR) is 161 cm³/mol. The molecule has 1 aliphatic heterocycles. The Balaban J connectivity index is 1.30. The van der Waals surface area contributed by atoms with E-state index in [9.17, 15) is 18.4 Å². The van der Waals surface area contributed by atoms with Crippen molar-refractivity contribution in [3.8, 4) is 22.8 Å². The van der Waals surface area contributed by atoms with Crippen LogP contribution in [0.1, 0.15) is 18.1 Å². The van der Waals surface area contributed by atoms with Crippen molar-refractivity contribution in [2.45, 2.75) is 27.1 Å². The summed E-state index contributed by atoms with van der Waals surface area (Å²) >= 11 is 7.64. The highest BCUT2D eigenvalue weighted by Crippen LogP contribution is 2.32. The Morgan fingerprint density at radius 3 is 2.67 bits per heavy atom. The molecule has 222 valence electrons. The molecule has 3 aromatic carbocycles. The molecule has 0 atom stereocenters. The third-order valence-electron chi connectivity index (χ3n) is 6.19. The summed E-state index contributed by atoms with van der Waals surface area (Å²) in [5.74, 6) is 0.342. The van der Waals surface area contributed by atoms with Crippen molar-refractivity contribution in [1.82, 2.24) is 14.8 Å². The minimum absolute atomic E-state index is 0.0287. The molecule has 0 saturated carbocycles. The van der Waals surface area contributed by atoms with Crippen molar-refractivity contribution < 1.29 is 27.8 Å². The molecule has 1 N–H and O–H groups in total. The standard InChI is InChI=1S/C29H25ClF2N6O4S/c1-3-41-14-19-5-4-17(2)12-24(19)38-25(39)15-43-29(38)35-28(40)34-23-11-6-18(13-22(23)30)26-33-16-37(36-26)20-7-9-21(10-8-20)42-27(31)32/h4-13,16,27H,3,14-15H2,1-2H3,(H,34,40)/b35-29-. The van der Waals surface area contributed by atoms with Gasteiger partial charge in [0.25, 0.3) is 0 Å². The van der Waals surface area contributed by atoms with E-state index in [0.29, 0.717) is 41.7 Å². The largest absolute Gasteiger partial charge is 0.435 e. The van der Waals surface area contributed by atoms with E-state index in [0.717, 1.165) is 11.1 Å². The molecule has 4 aromatic rings. The van der Waals surface area contributed by atoms with Crippen LogP contribution in [0.3, 0.4) is 0 Å². The van der Waals surface area contributed by atoms with Crippen LogP contribution in [0, 0.1) is 6.92 Å². The second kappa shape index (κ2) is 13.3. The molecule has 0 bridgehead atoms. The van der Waals surface area contributed by atoms with Gasteiger partial charge in [-0.25, -0.2) is 14.5 Å². The number of rotatable bonds is 9. The summed E-state index contributed by atoms with van der Waals surface area (Å²) in [6, 6.07) is 15.8. The minimum Gasteiger partial charge on any atom is -0.435 e. The van der Waals surface area contributed by atoms with E-state index < -0.39 is 12.6 Å². The SMILES string of the molecule is CCOCc1ccc(C)cc1N1C(=O)CS/C1=N\C(=O)Nc1ccc(-c2ncn(-c3ccc(OC(F)F)cc3)n2)cc1Cl. The Hall–Kier alpha value is -4.33. The fourth-order valence-corrected chi connectivity index (χ4v) is 5.27. The van der Waals surface area contributed by atoms with Gasteiger partial charge in [0, 0.05) is 17.7 Å². The zero-order valence-electron chi connectivity index (χ0n) is 23.0. The Kier molecular flexibility index (Phi) is 9.34. The number of nitrogens with zero attached hydrogens (tertiary/aromatic N) is 5. The summed E-state index contributed by atoms with van der Waals surface area (Å²) in [5, 5.41) is 7.56. The number of nitrogens with one attached hydrogen (secondary N) is 1. The van der Waals surface area contributed by atoms with Crippen LogP contribution in [0.4, 0.5) is 25.0 Å². The van der Waals surface area contributed by atoms with Crippen LogP contribution in [0.2, 0.25) is 5.02 Å². The molecule has 43 heavy (non-hydrogen) atoms. The molecule has 1 aliphatic rings. The summed E-state index contributed by atoms with van der Waals surface area (Å²) in [6.07, 6.45) is 1.47. The molecule has 1 aromatic heterocycles. The fourth-order valence-electron chi connectivity index (χ4n) is 4.18. The number of alkyl halides is 2. The lowest BCUT2D eigenvalue weighted by molar-refractivity contribution is -0.115. The average Bonchev–Trinajstić information content (AvgIpc) is 3.60. The van der Waals surface area contributed by atoms with Crippen LogP contribution < -0.4 is 15.0 Å². The molecule has 0 unspecified atom stereocenters. The highest BCUT2D eigenvalue weighted by molar-refractivity contribution is 8.15. The number of hydrogen-bond donors (Lipinski definition) is 1. The molecule has 0 aliphatic carbocycles. The smallest absolute Gasteiger partial charge is 0.387 e. The third kappa shape index (κ3) is 7.19. The summed E-state index contributed by atoms with van der Waals surface area (Å²) in [6.45, 7) is 1.74. The Bertz CT molecular complexity index is 1680. The first-order chi connectivity index (χ1) is 20.7. The molecular formula is C29H25ClF2N6O4S. The Morgan fingerprint density at radius 1 is 1.16 bits per heavy atom. The number of urea groups is 1. The lowest BCUT2D eigenvalue weighted by Crippen LogP contribution is -2.31. The van der Waals surface area contributed by atoms with E-state index in [1.165, 1.54) is 39.8 Å². The number of aryl methyl sites for hydroxylation is 1. The number of carbonyl (C=O) groups is 2. The molecule has 2 heterocycles. The van der Waals surface area contributed by atoms with Crippen LogP contribution in [-0.2, 0) is 16.1 Å². The summed E-state index contributed by atoms with van der Waals surface area (Å²) in [4.78, 5) is 35.6. The van der Waals surface area contributed by atoms with Crippen LogP contribution in [0.5, 0.6) is 5.75 Å². The number of hydrogen-bond acceptors (Lipinski definition) is 7. The molecule has 3 amide bonds. The van der Waals surface area contributed by atoms with Gasteiger partial charge in [-0.15, -0.1) is 5.10 Å². The first-order valence-electron chi connectivity index (χ1n) is 13.0. The molecule has 5 rings (SSSR count). The van der Waals surface area contributed by atoms with Gasteiger partial charge in [0.1, 0.15) is 12.1 Å². The zero-order chi connectivity index (χ0) is 30.5. The van der Waals surface area contributed by atoms with Crippen LogP contribution in [0.25, 0.3) is 17.1 Å². The van der Waals surface area contributed by atoms with Crippen LogP contribution in [-0.4, -0.2) is 50.8 Å². The van der Waals surface area contributed by atoms with E-state index in [1.54, 1.807) is 30.3 Å². The van der Waals surface area contributed by atoms with E-state index in [2.05, 4.69) is 25.1 Å². The van der Waals surface area contributed by atoms with E-state index in [4.69, 9.17) is 16.3 Å². The molecule has 10 nitrogen and oxygen atoms in total. The second-order valence-corrected chi connectivity index (χ2v) is 10.5. The number of halogens is 3. The number of anilines is 2. The maximum absolute atomic E-state index is 12.9. The summed E-state index contributed by atoms with van der Waals surface area (Å²) in [5.41, 5.74) is 3.86. The van der Waals surface area contributed by atoms with Gasteiger partial charge in [-0.05, 0) is 67.9 Å². The Morgan fingerprint density at radius 2 is 1.95 bits per heavy atom. The molecule has 0 radical (unpaired) electrons. The fraction of sp³-hybridized carbons (Fsp3) is 0.207. The van der Waals surface area contributed by atoms with Gasteiger partial charge >= 0.3 is 12.6 Å². The number of benzene rings is 3. The van der Waals surface area contributed by atoms with Crippen LogP contribution in [0.15, 0.2) is 72.0 Å². The number of amides is 3. The lowest BCUT2D eigenvalue weighted by Gasteiger charge is -2.20. The van der Waals surface area contributed by atoms with Crippen molar-refractivity contribution in [3.63, 3.8) is 0 Å². The van der Waals surface area contributed by atoms with Gasteiger partial charge in [-0.2, -0.15) is 13.8 Å². The van der Waals surface area contributed by atoms with E-state index in [-0.39, 0.29) is 27.6 Å². The summed E-state index contributed by atoms with van der Waals surface area (Å²) < 4.78 is 36.2. The highest BCUT2D eigenvalue weighted by Gasteiger charge is 2.32. The van der Waals surface area contributed by atoms with E-state index in [1.807, 2.05) is 32.0 Å². The lowest BCUT2D eigenvalue weighted by atomic mass is 10.1. The number of amidine groups is 1. The van der Waals surface area contributed by atoms with Crippen LogP contribution >= 0.6 is 23.4 Å². The maximum atomic E-state index is 12.9. The van der Waals surface area contributed by atoms with E-state index >= 15 is 0 Å². The van der Waals surface area contributed by atoms with Gasteiger partial charge in [-0.1, -0.05) is 35.5 Å². The van der Waals surface area contributed by atoms with Crippen molar-refractivity contribution in [2.75, 3.05) is 22.6 Å². The van der Waals surface area contributed by atoms with Gasteiger partial charge in [0.15, 0.2) is 11.0 Å². The first-order valence-corrected chi connectivity index (χ1v) is 14.4. The monoisotopic (exact) mass is 626 g/mol. The maximum Gasteiger partial charge on any atom is 0.387 e. The molecule has 14 heteroatoms. The van der Waals surface area contributed by atoms with Gasteiger partial charge in [0.2, 0.25) is 5.91 Å². The number of aliphatic imine (C=N–C) groups is 1. The Labute approximate surface area is 254 Å². The third-order valence-corrected chi connectivity index (χ3v) is 7.43. The van der Waals surface area contributed by atoms with Crippen molar-refractivity contribution in [3.05, 3.63) is 83.1 Å². The number of aromatic nitrogens is 3. The second-order valence-electron chi connectivity index (χ2n) is 9.19. The molecule has 1 saturated heterocycles. The zero-order valence-corrected chi connectivity index (χ0v) is 24.5. The van der Waals surface area contributed by atoms with Crippen molar-refractivity contribution >= 4 is 51.8 Å². The normalized spacial score (nSPS) is 14.1. The number of ether oxygens (including phenoxy) is 2. The molecule has 0 spiro atoms. The highest BCUT2D eigenvalue weighted by atomic mass is 35.5. The number of thioether (sulfide) groups is 1.